The van der Waals surface area contributed by atoms with Crippen molar-refractivity contribution in [3.63, 3.8) is 0 Å². The molecule has 0 unspecified atom stereocenters. The number of carbonyl (C=O) groups is 1. The van der Waals surface area contributed by atoms with Crippen LogP contribution < -0.4 is 10.1 Å². The Bertz CT molecular complexity index is 430. The average molecular weight is 223 g/mol. The number of carboxylic acid groups (broad SMARTS) is 1. The summed E-state index contributed by atoms with van der Waals surface area (Å²) in [7, 11) is 1.47. The van der Waals surface area contributed by atoms with Crippen LogP contribution in [-0.2, 0) is 17.8 Å². The summed E-state index contributed by atoms with van der Waals surface area (Å²) in [6.07, 6.45) is 0.272. The number of hydrogen-bond acceptors (Lipinski definition) is 4. The van der Waals surface area contributed by atoms with E-state index in [0.29, 0.717) is 17.9 Å². The number of benzene rings is 1. The van der Waals surface area contributed by atoms with Gasteiger partial charge in [0.1, 0.15) is 6.04 Å². The van der Waals surface area contributed by atoms with Gasteiger partial charge in [-0.05, 0) is 11.6 Å². The zero-order valence-corrected chi connectivity index (χ0v) is 8.86. The zero-order valence-electron chi connectivity index (χ0n) is 8.86. The first-order valence-corrected chi connectivity index (χ1v) is 4.97. The summed E-state index contributed by atoms with van der Waals surface area (Å²) in [5, 5.41) is 21.7. The van der Waals surface area contributed by atoms with Gasteiger partial charge >= 0.3 is 5.97 Å². The SMILES string of the molecule is COc1ccc2c(c1O)C[C@@H](C(=O)O)NC2. The van der Waals surface area contributed by atoms with Gasteiger partial charge < -0.3 is 20.3 Å². The third kappa shape index (κ3) is 1.69. The molecule has 0 bridgehead atoms. The zero-order chi connectivity index (χ0) is 11.7. The molecule has 0 amide bonds. The normalized spacial score (nSPS) is 18.9. The Balaban J connectivity index is 2.38. The van der Waals surface area contributed by atoms with Gasteiger partial charge in [0.15, 0.2) is 11.5 Å². The fourth-order valence-electron chi connectivity index (χ4n) is 1.90. The molecule has 1 aromatic rings. The van der Waals surface area contributed by atoms with Gasteiger partial charge in [0, 0.05) is 18.5 Å². The maximum absolute atomic E-state index is 10.9. The standard InChI is InChI=1S/C11H13NO4/c1-16-9-3-2-6-5-12-8(11(14)15)4-7(6)10(9)13/h2-3,8,12-13H,4-5H2,1H3,(H,14,15)/t8-/m0/s1. The number of rotatable bonds is 2. The Morgan fingerprint density at radius 1 is 1.56 bits per heavy atom. The van der Waals surface area contributed by atoms with Crippen molar-refractivity contribution in [2.45, 2.75) is 19.0 Å². The van der Waals surface area contributed by atoms with Crippen LogP contribution >= 0.6 is 0 Å². The molecule has 1 aliphatic heterocycles. The van der Waals surface area contributed by atoms with Gasteiger partial charge in [-0.1, -0.05) is 6.07 Å². The lowest BCUT2D eigenvalue weighted by atomic mass is 9.94. The number of phenols is 1. The third-order valence-electron chi connectivity index (χ3n) is 2.81. The number of aromatic hydroxyl groups is 1. The first-order chi connectivity index (χ1) is 7.63. The van der Waals surface area contributed by atoms with Crippen LogP contribution in [0.4, 0.5) is 0 Å². The van der Waals surface area contributed by atoms with E-state index in [9.17, 15) is 9.90 Å². The van der Waals surface area contributed by atoms with Crippen molar-refractivity contribution in [1.29, 1.82) is 0 Å². The second kappa shape index (κ2) is 4.02. The maximum Gasteiger partial charge on any atom is 0.321 e. The van der Waals surface area contributed by atoms with Crippen LogP contribution in [-0.4, -0.2) is 29.3 Å². The Labute approximate surface area is 92.7 Å². The molecular formula is C11H13NO4. The number of nitrogens with one attached hydrogen (secondary N) is 1. The molecule has 3 N–H and O–H groups in total. The molecule has 1 atom stereocenters. The highest BCUT2D eigenvalue weighted by Crippen LogP contribution is 2.34. The van der Waals surface area contributed by atoms with Gasteiger partial charge in [-0.3, -0.25) is 4.79 Å². The second-order valence-corrected chi connectivity index (χ2v) is 3.73. The highest BCUT2D eigenvalue weighted by molar-refractivity contribution is 5.75. The Kier molecular flexibility index (Phi) is 2.70. The molecule has 0 spiro atoms. The van der Waals surface area contributed by atoms with Crippen molar-refractivity contribution in [1.82, 2.24) is 5.32 Å². The molecule has 2 rings (SSSR count). The predicted molar refractivity (Wildman–Crippen MR) is 56.6 cm³/mol. The lowest BCUT2D eigenvalue weighted by Crippen LogP contribution is -2.41. The molecule has 0 radical (unpaired) electrons. The van der Waals surface area contributed by atoms with Crippen molar-refractivity contribution < 1.29 is 19.7 Å². The molecule has 1 heterocycles. The van der Waals surface area contributed by atoms with Crippen LogP contribution in [0.3, 0.4) is 0 Å². The molecule has 0 saturated heterocycles. The van der Waals surface area contributed by atoms with Gasteiger partial charge in [-0.2, -0.15) is 0 Å². The Hall–Kier alpha value is -1.75. The molecule has 1 aromatic carbocycles. The van der Waals surface area contributed by atoms with E-state index in [-0.39, 0.29) is 12.2 Å². The summed E-state index contributed by atoms with van der Waals surface area (Å²) in [5.74, 6) is -0.481. The maximum atomic E-state index is 10.9. The summed E-state index contributed by atoms with van der Waals surface area (Å²) in [6, 6.07) is 2.86. The molecular weight excluding hydrogens is 210 g/mol. The highest BCUT2D eigenvalue weighted by atomic mass is 16.5. The topological polar surface area (TPSA) is 78.8 Å². The summed E-state index contributed by atoms with van der Waals surface area (Å²) >= 11 is 0. The Morgan fingerprint density at radius 2 is 2.31 bits per heavy atom. The largest absolute Gasteiger partial charge is 0.504 e. The molecule has 0 aliphatic carbocycles. The molecule has 5 heteroatoms. The number of methoxy groups -OCH3 is 1. The molecule has 86 valence electrons. The van der Waals surface area contributed by atoms with Gasteiger partial charge in [0.2, 0.25) is 0 Å². The fourth-order valence-corrected chi connectivity index (χ4v) is 1.90. The van der Waals surface area contributed by atoms with Crippen molar-refractivity contribution in [2.24, 2.45) is 0 Å². The van der Waals surface area contributed by atoms with Crippen LogP contribution in [0.5, 0.6) is 11.5 Å². The van der Waals surface area contributed by atoms with Crippen LogP contribution in [0, 0.1) is 0 Å². The number of hydrogen-bond donors (Lipinski definition) is 3. The molecule has 0 saturated carbocycles. The minimum atomic E-state index is -0.909. The van der Waals surface area contributed by atoms with E-state index in [1.165, 1.54) is 7.11 Å². The Morgan fingerprint density at radius 3 is 2.94 bits per heavy atom. The number of aliphatic carboxylic acids is 1. The number of fused-ring (bicyclic) bond motifs is 1. The lowest BCUT2D eigenvalue weighted by Gasteiger charge is -2.24. The van der Waals surface area contributed by atoms with Crippen molar-refractivity contribution in [2.75, 3.05) is 7.11 Å². The van der Waals surface area contributed by atoms with Crippen LogP contribution in [0.1, 0.15) is 11.1 Å². The molecule has 1 aliphatic rings. The van der Waals surface area contributed by atoms with E-state index in [2.05, 4.69) is 5.32 Å². The monoisotopic (exact) mass is 223 g/mol. The number of carboxylic acids is 1. The van der Waals surface area contributed by atoms with Gasteiger partial charge in [0.25, 0.3) is 0 Å². The van der Waals surface area contributed by atoms with E-state index >= 15 is 0 Å². The van der Waals surface area contributed by atoms with Crippen molar-refractivity contribution in [3.8, 4) is 11.5 Å². The summed E-state index contributed by atoms with van der Waals surface area (Å²) in [4.78, 5) is 10.9. The van der Waals surface area contributed by atoms with E-state index in [1.807, 2.05) is 6.07 Å². The van der Waals surface area contributed by atoms with Gasteiger partial charge in [0.05, 0.1) is 7.11 Å². The van der Waals surface area contributed by atoms with E-state index in [1.54, 1.807) is 6.07 Å². The van der Waals surface area contributed by atoms with Crippen molar-refractivity contribution >= 4 is 5.97 Å². The van der Waals surface area contributed by atoms with E-state index in [4.69, 9.17) is 9.84 Å². The fraction of sp³-hybridized carbons (Fsp3) is 0.364. The summed E-state index contributed by atoms with van der Waals surface area (Å²) in [5.41, 5.74) is 1.57. The minimum Gasteiger partial charge on any atom is -0.504 e. The minimum absolute atomic E-state index is 0.0488. The summed E-state index contributed by atoms with van der Waals surface area (Å²) in [6.45, 7) is 0.448. The van der Waals surface area contributed by atoms with Crippen LogP contribution in [0.15, 0.2) is 12.1 Å². The highest BCUT2D eigenvalue weighted by Gasteiger charge is 2.26. The first-order valence-electron chi connectivity index (χ1n) is 4.97. The first kappa shape index (κ1) is 10.8. The van der Waals surface area contributed by atoms with Crippen LogP contribution in [0.25, 0.3) is 0 Å². The van der Waals surface area contributed by atoms with Gasteiger partial charge in [-0.25, -0.2) is 0 Å². The quantitative estimate of drug-likeness (QED) is 0.680. The molecule has 5 nitrogen and oxygen atoms in total. The molecule has 0 fully saturated rings. The smallest absolute Gasteiger partial charge is 0.321 e. The molecule has 16 heavy (non-hydrogen) atoms. The number of phenolic OH excluding ortho intramolecular Hbond substituents is 1. The van der Waals surface area contributed by atoms with Crippen LogP contribution in [0.2, 0.25) is 0 Å². The van der Waals surface area contributed by atoms with E-state index < -0.39 is 12.0 Å². The average Bonchev–Trinajstić information content (AvgIpc) is 2.29. The predicted octanol–water partition coefficient (Wildman–Crippen LogP) is 0.500. The number of ether oxygens (including phenoxy) is 1. The molecule has 0 aromatic heterocycles. The third-order valence-corrected chi connectivity index (χ3v) is 2.81. The van der Waals surface area contributed by atoms with Gasteiger partial charge in [-0.15, -0.1) is 0 Å². The lowest BCUT2D eigenvalue weighted by molar-refractivity contribution is -0.139. The summed E-state index contributed by atoms with van der Waals surface area (Å²) < 4.78 is 4.99. The van der Waals surface area contributed by atoms with Crippen molar-refractivity contribution in [3.05, 3.63) is 23.3 Å². The van der Waals surface area contributed by atoms with E-state index in [0.717, 1.165) is 5.56 Å². The second-order valence-electron chi connectivity index (χ2n) is 3.73.